The van der Waals surface area contributed by atoms with Gasteiger partial charge in [-0.25, -0.2) is 0 Å². The summed E-state index contributed by atoms with van der Waals surface area (Å²) < 4.78 is 1.93. The van der Waals surface area contributed by atoms with Gasteiger partial charge in [0.2, 0.25) is 5.91 Å². The zero-order valence-corrected chi connectivity index (χ0v) is 14.3. The molecule has 0 heterocycles. The van der Waals surface area contributed by atoms with Crippen molar-refractivity contribution in [2.24, 2.45) is 0 Å². The van der Waals surface area contributed by atoms with Gasteiger partial charge in [-0.05, 0) is 58.5 Å². The van der Waals surface area contributed by atoms with Gasteiger partial charge in [-0.3, -0.25) is 4.79 Å². The first-order chi connectivity index (χ1) is 9.04. The first-order valence-corrected chi connectivity index (χ1v) is 7.79. The average Bonchev–Trinajstić information content (AvgIpc) is 2.36. The summed E-state index contributed by atoms with van der Waals surface area (Å²) in [7, 11) is 0. The third kappa shape index (κ3) is 4.47. The van der Waals surface area contributed by atoms with Gasteiger partial charge in [-0.2, -0.15) is 0 Å². The van der Waals surface area contributed by atoms with Crippen molar-refractivity contribution in [3.05, 3.63) is 61.1 Å². The van der Waals surface area contributed by atoms with E-state index in [2.05, 4.69) is 43.8 Å². The smallest absolute Gasteiger partial charge is 0.228 e. The molecule has 2 nitrogen and oxygen atoms in total. The van der Waals surface area contributed by atoms with Gasteiger partial charge in [0.05, 0.1) is 12.1 Å². The molecule has 0 bridgehead atoms. The highest BCUT2D eigenvalue weighted by atomic mass is 127. The van der Waals surface area contributed by atoms with Gasteiger partial charge < -0.3 is 5.32 Å². The Morgan fingerprint density at radius 1 is 1.21 bits per heavy atom. The second kappa shape index (κ2) is 6.72. The molecule has 0 aliphatic carbocycles. The lowest BCUT2D eigenvalue weighted by Crippen LogP contribution is -2.15. The molecule has 1 amide bonds. The highest BCUT2D eigenvalue weighted by Gasteiger charge is 2.07. The topological polar surface area (TPSA) is 29.1 Å². The van der Waals surface area contributed by atoms with Gasteiger partial charge in [0, 0.05) is 13.1 Å². The summed E-state index contributed by atoms with van der Waals surface area (Å²) in [5, 5.41) is 3.55. The van der Waals surface area contributed by atoms with E-state index in [0.29, 0.717) is 11.4 Å². The van der Waals surface area contributed by atoms with Gasteiger partial charge in [0.15, 0.2) is 0 Å². The van der Waals surface area contributed by atoms with Crippen molar-refractivity contribution < 1.29 is 4.79 Å². The summed E-state index contributed by atoms with van der Waals surface area (Å²) in [6, 6.07) is 13.1. The van der Waals surface area contributed by atoms with Crippen molar-refractivity contribution in [3.8, 4) is 0 Å². The molecule has 98 valence electrons. The van der Waals surface area contributed by atoms with Gasteiger partial charge in [-0.1, -0.05) is 39.7 Å². The van der Waals surface area contributed by atoms with E-state index in [9.17, 15) is 4.79 Å². The molecule has 0 aliphatic heterocycles. The van der Waals surface area contributed by atoms with E-state index in [1.165, 1.54) is 0 Å². The molecular formula is C14H10BrClINO. The second-order valence-electron chi connectivity index (χ2n) is 3.98. The number of hydrogen-bond donors (Lipinski definition) is 1. The van der Waals surface area contributed by atoms with Gasteiger partial charge in [0.25, 0.3) is 0 Å². The number of rotatable bonds is 3. The Kier molecular flexibility index (Phi) is 5.24. The zero-order chi connectivity index (χ0) is 13.8. The Morgan fingerprint density at radius 2 is 1.89 bits per heavy atom. The fraction of sp³-hybridized carbons (Fsp3) is 0.0714. The van der Waals surface area contributed by atoms with Crippen LogP contribution in [0.5, 0.6) is 0 Å². The number of anilines is 1. The summed E-state index contributed by atoms with van der Waals surface area (Å²) in [6.07, 6.45) is 0.353. The molecule has 2 aromatic carbocycles. The largest absolute Gasteiger partial charge is 0.325 e. The minimum Gasteiger partial charge on any atom is -0.325 e. The normalized spacial score (nSPS) is 10.3. The van der Waals surface area contributed by atoms with Crippen molar-refractivity contribution >= 4 is 61.7 Å². The molecule has 0 unspecified atom stereocenters. The van der Waals surface area contributed by atoms with Crippen molar-refractivity contribution in [1.29, 1.82) is 0 Å². The number of carbonyl (C=O) groups is 1. The van der Waals surface area contributed by atoms with E-state index in [4.69, 9.17) is 11.6 Å². The number of carbonyl (C=O) groups excluding carboxylic acids is 1. The number of amides is 1. The lowest BCUT2D eigenvalue weighted by molar-refractivity contribution is -0.115. The first kappa shape index (κ1) is 14.8. The van der Waals surface area contributed by atoms with Crippen LogP contribution in [0.15, 0.2) is 46.9 Å². The molecule has 0 spiro atoms. The van der Waals surface area contributed by atoms with Crippen LogP contribution in [0.3, 0.4) is 0 Å². The van der Waals surface area contributed by atoms with Crippen LogP contribution >= 0.6 is 50.1 Å². The van der Waals surface area contributed by atoms with E-state index in [-0.39, 0.29) is 5.91 Å². The van der Waals surface area contributed by atoms with Crippen LogP contribution in [0, 0.1) is 3.57 Å². The van der Waals surface area contributed by atoms with Crippen LogP contribution < -0.4 is 5.32 Å². The Labute approximate surface area is 138 Å². The summed E-state index contributed by atoms with van der Waals surface area (Å²) >= 11 is 11.4. The minimum absolute atomic E-state index is 0.0393. The summed E-state index contributed by atoms with van der Waals surface area (Å²) in [6.45, 7) is 0. The molecule has 0 saturated heterocycles. The molecule has 0 aliphatic rings. The summed E-state index contributed by atoms with van der Waals surface area (Å²) in [5.74, 6) is -0.0393. The van der Waals surface area contributed by atoms with E-state index in [0.717, 1.165) is 19.3 Å². The molecule has 5 heteroatoms. The highest BCUT2D eigenvalue weighted by molar-refractivity contribution is 14.1. The lowest BCUT2D eigenvalue weighted by atomic mass is 10.1. The number of benzene rings is 2. The predicted octanol–water partition coefficient (Wildman–Crippen LogP) is 4.89. The van der Waals surface area contributed by atoms with Crippen molar-refractivity contribution in [2.75, 3.05) is 5.32 Å². The van der Waals surface area contributed by atoms with Crippen LogP contribution in [0.2, 0.25) is 5.02 Å². The van der Waals surface area contributed by atoms with Crippen LogP contribution in [0.4, 0.5) is 5.69 Å². The average molecular weight is 451 g/mol. The maximum atomic E-state index is 11.9. The lowest BCUT2D eigenvalue weighted by Gasteiger charge is -2.08. The maximum Gasteiger partial charge on any atom is 0.228 e. The van der Waals surface area contributed by atoms with Crippen molar-refractivity contribution in [3.63, 3.8) is 0 Å². The molecule has 0 saturated carbocycles. The number of nitrogens with one attached hydrogen (secondary N) is 1. The third-order valence-electron chi connectivity index (χ3n) is 2.48. The first-order valence-electron chi connectivity index (χ1n) is 5.54. The highest BCUT2D eigenvalue weighted by Crippen LogP contribution is 2.22. The van der Waals surface area contributed by atoms with Crippen LogP contribution in [0.25, 0.3) is 0 Å². The number of hydrogen-bond acceptors (Lipinski definition) is 1. The molecule has 0 fully saturated rings. The fourth-order valence-electron chi connectivity index (χ4n) is 1.57. The molecule has 1 N–H and O–H groups in total. The Balaban J connectivity index is 2.03. The maximum absolute atomic E-state index is 11.9. The van der Waals surface area contributed by atoms with Crippen LogP contribution in [0.1, 0.15) is 5.56 Å². The van der Waals surface area contributed by atoms with Gasteiger partial charge >= 0.3 is 0 Å². The van der Waals surface area contributed by atoms with E-state index < -0.39 is 0 Å². The van der Waals surface area contributed by atoms with Gasteiger partial charge in [-0.15, -0.1) is 0 Å². The van der Waals surface area contributed by atoms with Crippen molar-refractivity contribution in [2.45, 2.75) is 6.42 Å². The molecule has 0 radical (unpaired) electrons. The molecular weight excluding hydrogens is 440 g/mol. The van der Waals surface area contributed by atoms with E-state index >= 15 is 0 Å². The predicted molar refractivity (Wildman–Crippen MR) is 90.6 cm³/mol. The standard InChI is InChI=1S/C14H10BrClINO/c15-10-3-1-9(2-4-10)7-14(19)18-13-6-5-11(16)8-12(13)17/h1-6,8H,7H2,(H,18,19). The van der Waals surface area contributed by atoms with Crippen LogP contribution in [-0.4, -0.2) is 5.91 Å². The van der Waals surface area contributed by atoms with E-state index in [1.807, 2.05) is 36.4 Å². The Bertz CT molecular complexity index is 601. The van der Waals surface area contributed by atoms with Crippen LogP contribution in [-0.2, 0) is 11.2 Å². The quantitative estimate of drug-likeness (QED) is 0.663. The van der Waals surface area contributed by atoms with Crippen molar-refractivity contribution in [1.82, 2.24) is 0 Å². The minimum atomic E-state index is -0.0393. The fourth-order valence-corrected chi connectivity index (χ4v) is 2.84. The molecule has 2 rings (SSSR count). The Morgan fingerprint density at radius 3 is 2.53 bits per heavy atom. The zero-order valence-electron chi connectivity index (χ0n) is 9.79. The summed E-state index contributed by atoms with van der Waals surface area (Å²) in [4.78, 5) is 11.9. The molecule has 2 aromatic rings. The van der Waals surface area contributed by atoms with Gasteiger partial charge in [0.1, 0.15) is 0 Å². The number of halogens is 3. The third-order valence-corrected chi connectivity index (χ3v) is 4.14. The Hall–Kier alpha value is -0.590. The SMILES string of the molecule is O=C(Cc1ccc(Br)cc1)Nc1ccc(Cl)cc1I. The monoisotopic (exact) mass is 449 g/mol. The summed E-state index contributed by atoms with van der Waals surface area (Å²) in [5.41, 5.74) is 1.76. The molecule has 0 aromatic heterocycles. The molecule has 19 heavy (non-hydrogen) atoms. The van der Waals surface area contributed by atoms with E-state index in [1.54, 1.807) is 6.07 Å². The molecule has 0 atom stereocenters. The second-order valence-corrected chi connectivity index (χ2v) is 6.49.